The quantitative estimate of drug-likeness (QED) is 0.646. The molecule has 3 N–H and O–H groups in total. The normalized spacial score (nSPS) is 12.5. The maximum atomic E-state index is 10.1. The molecule has 1 atom stereocenters. The molecule has 1 aromatic rings. The molecule has 0 radical (unpaired) electrons. The van der Waals surface area contributed by atoms with Crippen LogP contribution in [0.3, 0.4) is 0 Å². The highest BCUT2D eigenvalue weighted by molar-refractivity contribution is 5.42. The van der Waals surface area contributed by atoms with Gasteiger partial charge in [0.2, 0.25) is 0 Å². The van der Waals surface area contributed by atoms with E-state index in [0.717, 1.165) is 22.4 Å². The zero-order valence-corrected chi connectivity index (χ0v) is 10.7. The van der Waals surface area contributed by atoms with Gasteiger partial charge >= 0.3 is 0 Å². The fourth-order valence-electron chi connectivity index (χ4n) is 2.00. The van der Waals surface area contributed by atoms with Gasteiger partial charge in [0.05, 0.1) is 19.8 Å². The van der Waals surface area contributed by atoms with Crippen LogP contribution in [0.2, 0.25) is 0 Å². The maximum absolute atomic E-state index is 10.1. The van der Waals surface area contributed by atoms with Crippen molar-refractivity contribution in [2.75, 3.05) is 26.8 Å². The number of benzene rings is 1. The molecule has 0 aliphatic carbocycles. The molecule has 0 aliphatic rings. The second-order valence-corrected chi connectivity index (χ2v) is 4.12. The Labute approximate surface area is 102 Å². The van der Waals surface area contributed by atoms with Crippen LogP contribution < -0.4 is 10.1 Å². The summed E-state index contributed by atoms with van der Waals surface area (Å²) in [6, 6.07) is 3.83. The van der Waals surface area contributed by atoms with Gasteiger partial charge in [0, 0.05) is 13.1 Å². The lowest BCUT2D eigenvalue weighted by Crippen LogP contribution is -2.25. The minimum Gasteiger partial charge on any atom is -0.497 e. The average molecular weight is 239 g/mol. The molecule has 0 spiro atoms. The third-order valence-corrected chi connectivity index (χ3v) is 2.76. The second-order valence-electron chi connectivity index (χ2n) is 4.12. The number of nitrogens with one attached hydrogen (secondary N) is 1. The molecule has 1 rings (SSSR count). The van der Waals surface area contributed by atoms with Crippen LogP contribution in [0.15, 0.2) is 12.1 Å². The molecular formula is C13H21NO3. The van der Waals surface area contributed by atoms with Crippen molar-refractivity contribution >= 4 is 0 Å². The summed E-state index contributed by atoms with van der Waals surface area (Å²) >= 11 is 0. The van der Waals surface area contributed by atoms with E-state index in [-0.39, 0.29) is 6.61 Å². The van der Waals surface area contributed by atoms with E-state index in [1.165, 1.54) is 0 Å². The topological polar surface area (TPSA) is 61.7 Å². The zero-order chi connectivity index (χ0) is 12.8. The van der Waals surface area contributed by atoms with Crippen LogP contribution in [0.5, 0.6) is 5.75 Å². The molecule has 0 aliphatic heterocycles. The fraction of sp³-hybridized carbons (Fsp3) is 0.538. The zero-order valence-electron chi connectivity index (χ0n) is 10.7. The number of ether oxygens (including phenoxy) is 1. The summed E-state index contributed by atoms with van der Waals surface area (Å²) < 4.78 is 5.18. The van der Waals surface area contributed by atoms with Gasteiger partial charge in [-0.3, -0.25) is 0 Å². The second kappa shape index (κ2) is 6.59. The average Bonchev–Trinajstić information content (AvgIpc) is 2.28. The highest BCUT2D eigenvalue weighted by atomic mass is 16.5. The van der Waals surface area contributed by atoms with Gasteiger partial charge in [-0.1, -0.05) is 0 Å². The van der Waals surface area contributed by atoms with Gasteiger partial charge in [-0.05, 0) is 42.7 Å². The molecule has 1 unspecified atom stereocenters. The van der Waals surface area contributed by atoms with E-state index in [1.54, 1.807) is 7.11 Å². The summed E-state index contributed by atoms with van der Waals surface area (Å²) in [7, 11) is 1.63. The van der Waals surface area contributed by atoms with Crippen molar-refractivity contribution in [1.29, 1.82) is 0 Å². The van der Waals surface area contributed by atoms with Crippen molar-refractivity contribution in [3.05, 3.63) is 28.8 Å². The summed E-state index contributed by atoms with van der Waals surface area (Å²) in [5.41, 5.74) is 2.96. The van der Waals surface area contributed by atoms with Crippen molar-refractivity contribution in [3.63, 3.8) is 0 Å². The van der Waals surface area contributed by atoms with E-state index < -0.39 is 6.10 Å². The van der Waals surface area contributed by atoms with Crippen LogP contribution in [0, 0.1) is 13.8 Å². The number of aliphatic hydroxyl groups excluding tert-OH is 2. The molecule has 1 aromatic carbocycles. The molecule has 0 fully saturated rings. The Morgan fingerprint density at radius 2 is 1.88 bits per heavy atom. The van der Waals surface area contributed by atoms with E-state index in [1.807, 2.05) is 26.0 Å². The smallest absolute Gasteiger partial charge is 0.119 e. The summed E-state index contributed by atoms with van der Waals surface area (Å²) in [5.74, 6) is 0.805. The van der Waals surface area contributed by atoms with Gasteiger partial charge in [-0.15, -0.1) is 0 Å². The largest absolute Gasteiger partial charge is 0.497 e. The highest BCUT2D eigenvalue weighted by Gasteiger charge is 2.14. The Kier molecular flexibility index (Phi) is 5.41. The third-order valence-electron chi connectivity index (χ3n) is 2.76. The number of hydrogen-bond acceptors (Lipinski definition) is 4. The number of hydrogen-bond donors (Lipinski definition) is 3. The highest BCUT2D eigenvalue weighted by Crippen LogP contribution is 2.26. The molecule has 0 amide bonds. The molecule has 4 heteroatoms. The van der Waals surface area contributed by atoms with Crippen LogP contribution in [0.1, 0.15) is 22.8 Å². The fourth-order valence-corrected chi connectivity index (χ4v) is 2.00. The number of rotatable bonds is 6. The molecular weight excluding hydrogens is 218 g/mol. The van der Waals surface area contributed by atoms with E-state index in [4.69, 9.17) is 9.84 Å². The molecule has 17 heavy (non-hydrogen) atoms. The standard InChI is InChI=1S/C13H21NO3/c1-9-6-11(17-3)7-10(2)13(9)12(16)8-14-4-5-15/h6-7,12,14-16H,4-5,8H2,1-3H3. The summed E-state index contributed by atoms with van der Waals surface area (Å²) in [5, 5.41) is 21.7. The van der Waals surface area contributed by atoms with Crippen LogP contribution in [0.25, 0.3) is 0 Å². The van der Waals surface area contributed by atoms with Crippen molar-refractivity contribution in [1.82, 2.24) is 5.32 Å². The molecule has 0 bridgehead atoms. The van der Waals surface area contributed by atoms with Gasteiger partial charge in [-0.2, -0.15) is 0 Å². The Bertz CT molecular complexity index is 343. The lowest BCUT2D eigenvalue weighted by Gasteiger charge is -2.18. The molecule has 0 heterocycles. The summed E-state index contributed by atoms with van der Waals surface area (Å²) in [4.78, 5) is 0. The Morgan fingerprint density at radius 1 is 1.29 bits per heavy atom. The Hall–Kier alpha value is -1.10. The van der Waals surface area contributed by atoms with E-state index in [0.29, 0.717) is 13.1 Å². The van der Waals surface area contributed by atoms with Crippen molar-refractivity contribution in [3.8, 4) is 5.75 Å². The number of methoxy groups -OCH3 is 1. The predicted molar refractivity (Wildman–Crippen MR) is 67.4 cm³/mol. The molecule has 0 aromatic heterocycles. The van der Waals surface area contributed by atoms with Crippen molar-refractivity contribution in [2.45, 2.75) is 20.0 Å². The lowest BCUT2D eigenvalue weighted by atomic mass is 9.97. The van der Waals surface area contributed by atoms with Gasteiger partial charge < -0.3 is 20.3 Å². The Morgan fingerprint density at radius 3 is 2.35 bits per heavy atom. The van der Waals surface area contributed by atoms with Crippen LogP contribution in [-0.4, -0.2) is 37.0 Å². The molecule has 0 saturated carbocycles. The predicted octanol–water partition coefficient (Wildman–Crippen LogP) is 0.927. The van der Waals surface area contributed by atoms with E-state index in [9.17, 15) is 5.11 Å². The minimum atomic E-state index is -0.563. The summed E-state index contributed by atoms with van der Waals surface area (Å²) in [6.07, 6.45) is -0.563. The van der Waals surface area contributed by atoms with Crippen LogP contribution in [-0.2, 0) is 0 Å². The first-order valence-electron chi connectivity index (χ1n) is 5.75. The first kappa shape index (κ1) is 14.0. The lowest BCUT2D eigenvalue weighted by molar-refractivity contribution is 0.169. The molecule has 4 nitrogen and oxygen atoms in total. The van der Waals surface area contributed by atoms with E-state index in [2.05, 4.69) is 5.32 Å². The SMILES string of the molecule is COc1cc(C)c(C(O)CNCCO)c(C)c1. The van der Waals surface area contributed by atoms with Crippen molar-refractivity contribution in [2.24, 2.45) is 0 Å². The van der Waals surface area contributed by atoms with Crippen LogP contribution >= 0.6 is 0 Å². The maximum Gasteiger partial charge on any atom is 0.119 e. The molecule has 96 valence electrons. The monoisotopic (exact) mass is 239 g/mol. The number of aliphatic hydroxyl groups is 2. The summed E-state index contributed by atoms with van der Waals surface area (Å²) in [6.45, 7) is 4.92. The van der Waals surface area contributed by atoms with Crippen LogP contribution in [0.4, 0.5) is 0 Å². The van der Waals surface area contributed by atoms with Crippen molar-refractivity contribution < 1.29 is 14.9 Å². The first-order valence-corrected chi connectivity index (χ1v) is 5.75. The number of aryl methyl sites for hydroxylation is 2. The van der Waals surface area contributed by atoms with Gasteiger partial charge in [0.15, 0.2) is 0 Å². The molecule has 0 saturated heterocycles. The van der Waals surface area contributed by atoms with Gasteiger partial charge in [0.1, 0.15) is 5.75 Å². The van der Waals surface area contributed by atoms with Gasteiger partial charge in [-0.25, -0.2) is 0 Å². The van der Waals surface area contributed by atoms with Gasteiger partial charge in [0.25, 0.3) is 0 Å². The van der Waals surface area contributed by atoms with E-state index >= 15 is 0 Å². The minimum absolute atomic E-state index is 0.0767. The Balaban J connectivity index is 2.82. The first-order chi connectivity index (χ1) is 8.10. The third kappa shape index (κ3) is 3.70.